The molecule has 0 saturated heterocycles. The van der Waals surface area contributed by atoms with Crippen molar-refractivity contribution in [3.05, 3.63) is 24.3 Å². The lowest BCUT2D eigenvalue weighted by Crippen LogP contribution is -2.34. The Morgan fingerprint density at radius 1 is 1.37 bits per heavy atom. The van der Waals surface area contributed by atoms with Gasteiger partial charge in [-0.2, -0.15) is 0 Å². The van der Waals surface area contributed by atoms with Gasteiger partial charge in [0.25, 0.3) is 0 Å². The summed E-state index contributed by atoms with van der Waals surface area (Å²) in [6.45, 7) is 7.03. The van der Waals surface area contributed by atoms with Crippen molar-refractivity contribution in [2.75, 3.05) is 18.5 Å². The predicted octanol–water partition coefficient (Wildman–Crippen LogP) is 2.80. The first kappa shape index (κ1) is 15.3. The van der Waals surface area contributed by atoms with Crippen LogP contribution in [0.25, 0.3) is 0 Å². The van der Waals surface area contributed by atoms with E-state index < -0.39 is 0 Å². The van der Waals surface area contributed by atoms with Crippen LogP contribution in [0.1, 0.15) is 33.6 Å². The minimum atomic E-state index is -0.00713. The minimum absolute atomic E-state index is 0.00713. The highest BCUT2D eigenvalue weighted by Gasteiger charge is 2.03. The number of ether oxygens (including phenoxy) is 1. The van der Waals surface area contributed by atoms with Crippen LogP contribution in [0.5, 0.6) is 5.75 Å². The number of carbonyl (C=O) groups is 1. The highest BCUT2D eigenvalue weighted by atomic mass is 16.5. The maximum absolute atomic E-state index is 11.5. The highest BCUT2D eigenvalue weighted by molar-refractivity contribution is 5.80. The molecule has 0 aliphatic rings. The number of hydrogen-bond acceptors (Lipinski definition) is 3. The van der Waals surface area contributed by atoms with E-state index in [0.29, 0.717) is 0 Å². The van der Waals surface area contributed by atoms with Crippen molar-refractivity contribution in [1.82, 2.24) is 5.32 Å². The van der Waals surface area contributed by atoms with E-state index in [1.54, 1.807) is 0 Å². The van der Waals surface area contributed by atoms with Gasteiger partial charge >= 0.3 is 0 Å². The number of hydrogen-bond donors (Lipinski definition) is 2. The van der Waals surface area contributed by atoms with Crippen molar-refractivity contribution in [3.8, 4) is 5.75 Å². The van der Waals surface area contributed by atoms with E-state index in [4.69, 9.17) is 4.74 Å². The molecule has 0 fully saturated rings. The summed E-state index contributed by atoms with van der Waals surface area (Å²) in [5, 5.41) is 5.93. The molecule has 1 amide bonds. The fourth-order valence-corrected chi connectivity index (χ4v) is 1.59. The van der Waals surface area contributed by atoms with Gasteiger partial charge in [-0.1, -0.05) is 19.4 Å². The van der Waals surface area contributed by atoms with Gasteiger partial charge in [0.05, 0.1) is 13.2 Å². The summed E-state index contributed by atoms with van der Waals surface area (Å²) in [7, 11) is 0. The lowest BCUT2D eigenvalue weighted by atomic mass is 10.3. The molecule has 1 aromatic rings. The summed E-state index contributed by atoms with van der Waals surface area (Å²) in [4.78, 5) is 11.5. The Morgan fingerprint density at radius 3 is 2.84 bits per heavy atom. The molecule has 0 bridgehead atoms. The van der Waals surface area contributed by atoms with E-state index in [-0.39, 0.29) is 18.5 Å². The molecule has 0 atom stereocenters. The molecule has 2 N–H and O–H groups in total. The Kier molecular flexibility index (Phi) is 6.79. The van der Waals surface area contributed by atoms with Gasteiger partial charge in [0.15, 0.2) is 0 Å². The molecule has 0 saturated carbocycles. The SMILES string of the molecule is CCCCOc1cccc(NCC(=O)NC(C)C)c1. The van der Waals surface area contributed by atoms with Crippen LogP contribution in [0.15, 0.2) is 24.3 Å². The first-order valence-corrected chi connectivity index (χ1v) is 6.88. The summed E-state index contributed by atoms with van der Waals surface area (Å²) in [6, 6.07) is 7.85. The summed E-state index contributed by atoms with van der Waals surface area (Å²) in [5.74, 6) is 0.829. The van der Waals surface area contributed by atoms with Gasteiger partial charge in [-0.25, -0.2) is 0 Å². The second kappa shape index (κ2) is 8.40. The van der Waals surface area contributed by atoms with E-state index in [9.17, 15) is 4.79 Å². The number of unbranched alkanes of at least 4 members (excludes halogenated alkanes) is 1. The summed E-state index contributed by atoms with van der Waals surface area (Å²) < 4.78 is 5.62. The zero-order chi connectivity index (χ0) is 14.1. The molecule has 0 aromatic heterocycles. The smallest absolute Gasteiger partial charge is 0.239 e. The number of rotatable bonds is 8. The molecule has 0 unspecified atom stereocenters. The zero-order valence-electron chi connectivity index (χ0n) is 12.0. The molecule has 0 heterocycles. The van der Waals surface area contributed by atoms with Gasteiger partial charge in [0, 0.05) is 17.8 Å². The van der Waals surface area contributed by atoms with Crippen molar-refractivity contribution in [2.45, 2.75) is 39.7 Å². The quantitative estimate of drug-likeness (QED) is 0.710. The second-order valence-electron chi connectivity index (χ2n) is 4.81. The third-order valence-corrected chi connectivity index (χ3v) is 2.50. The summed E-state index contributed by atoms with van der Waals surface area (Å²) in [6.07, 6.45) is 2.17. The summed E-state index contributed by atoms with van der Waals surface area (Å²) >= 11 is 0. The van der Waals surface area contributed by atoms with Crippen LogP contribution in [0, 0.1) is 0 Å². The van der Waals surface area contributed by atoms with E-state index in [2.05, 4.69) is 17.6 Å². The first-order chi connectivity index (χ1) is 9.11. The van der Waals surface area contributed by atoms with Crippen molar-refractivity contribution in [3.63, 3.8) is 0 Å². The lowest BCUT2D eigenvalue weighted by Gasteiger charge is -2.11. The number of carbonyl (C=O) groups excluding carboxylic acids is 1. The minimum Gasteiger partial charge on any atom is -0.494 e. The van der Waals surface area contributed by atoms with E-state index >= 15 is 0 Å². The number of benzene rings is 1. The maximum atomic E-state index is 11.5. The highest BCUT2D eigenvalue weighted by Crippen LogP contribution is 2.17. The molecule has 0 spiro atoms. The number of amides is 1. The topological polar surface area (TPSA) is 50.4 Å². The van der Waals surface area contributed by atoms with Gasteiger partial charge in [-0.05, 0) is 32.4 Å². The molecular formula is C15H24N2O2. The number of nitrogens with one attached hydrogen (secondary N) is 2. The lowest BCUT2D eigenvalue weighted by molar-refractivity contribution is -0.119. The molecule has 19 heavy (non-hydrogen) atoms. The Bertz CT molecular complexity index is 391. The normalized spacial score (nSPS) is 10.3. The van der Waals surface area contributed by atoms with E-state index in [1.807, 2.05) is 38.1 Å². The van der Waals surface area contributed by atoms with Gasteiger partial charge in [0.1, 0.15) is 5.75 Å². The molecular weight excluding hydrogens is 240 g/mol. The predicted molar refractivity (Wildman–Crippen MR) is 78.6 cm³/mol. The average Bonchev–Trinajstić information content (AvgIpc) is 2.36. The second-order valence-corrected chi connectivity index (χ2v) is 4.81. The third-order valence-electron chi connectivity index (χ3n) is 2.50. The third kappa shape index (κ3) is 6.70. The van der Waals surface area contributed by atoms with Crippen molar-refractivity contribution in [2.24, 2.45) is 0 Å². The molecule has 1 aromatic carbocycles. The maximum Gasteiger partial charge on any atom is 0.239 e. The zero-order valence-corrected chi connectivity index (χ0v) is 12.0. The Balaban J connectivity index is 2.41. The molecule has 1 rings (SSSR count). The monoisotopic (exact) mass is 264 g/mol. The van der Waals surface area contributed by atoms with Crippen LogP contribution in [0.2, 0.25) is 0 Å². The summed E-state index contributed by atoms with van der Waals surface area (Å²) in [5.41, 5.74) is 0.896. The molecule has 0 aliphatic carbocycles. The molecule has 106 valence electrons. The average molecular weight is 264 g/mol. The largest absolute Gasteiger partial charge is 0.494 e. The standard InChI is InChI=1S/C15H24N2O2/c1-4-5-9-19-14-8-6-7-13(10-14)16-11-15(18)17-12(2)3/h6-8,10,12,16H,4-5,9,11H2,1-3H3,(H,17,18). The molecule has 0 aliphatic heterocycles. The molecule has 4 heteroatoms. The first-order valence-electron chi connectivity index (χ1n) is 6.88. The Hall–Kier alpha value is -1.71. The molecule has 0 radical (unpaired) electrons. The van der Waals surface area contributed by atoms with Gasteiger partial charge in [-0.15, -0.1) is 0 Å². The van der Waals surface area contributed by atoms with Crippen molar-refractivity contribution in [1.29, 1.82) is 0 Å². The van der Waals surface area contributed by atoms with Crippen molar-refractivity contribution < 1.29 is 9.53 Å². The van der Waals surface area contributed by atoms with Gasteiger partial charge in [0.2, 0.25) is 5.91 Å². The van der Waals surface area contributed by atoms with Crippen LogP contribution < -0.4 is 15.4 Å². The van der Waals surface area contributed by atoms with Crippen LogP contribution in [-0.2, 0) is 4.79 Å². The van der Waals surface area contributed by atoms with Crippen LogP contribution in [0.3, 0.4) is 0 Å². The molecule has 4 nitrogen and oxygen atoms in total. The van der Waals surface area contributed by atoms with Crippen LogP contribution >= 0.6 is 0 Å². The Morgan fingerprint density at radius 2 is 2.16 bits per heavy atom. The Labute approximate surface area is 115 Å². The van der Waals surface area contributed by atoms with Gasteiger partial charge in [-0.3, -0.25) is 4.79 Å². The number of anilines is 1. The van der Waals surface area contributed by atoms with Crippen molar-refractivity contribution >= 4 is 11.6 Å². The fourth-order valence-electron chi connectivity index (χ4n) is 1.59. The van der Waals surface area contributed by atoms with Crippen LogP contribution in [0.4, 0.5) is 5.69 Å². The van der Waals surface area contributed by atoms with E-state index in [1.165, 1.54) is 0 Å². The van der Waals surface area contributed by atoms with Crippen LogP contribution in [-0.4, -0.2) is 25.1 Å². The van der Waals surface area contributed by atoms with Gasteiger partial charge < -0.3 is 15.4 Å². The van der Waals surface area contributed by atoms with E-state index in [0.717, 1.165) is 30.9 Å². The fraction of sp³-hybridized carbons (Fsp3) is 0.533.